The molecule has 0 aliphatic heterocycles. The van der Waals surface area contributed by atoms with Crippen LogP contribution in [-0.2, 0) is 38.4 Å². The summed E-state index contributed by atoms with van der Waals surface area (Å²) in [5.74, 6) is -5.83. The topological polar surface area (TPSA) is 262 Å². The SMILES string of the molecule is COc1cccc(NCC(=O)C[C@@H](CC(C)C)C(=O)NN(CCC(N)=O)C(=O)[C@@H](F)Cl)c1.COc1cccc(NCC(=O)C[C@@H](CC(C)C)C(=O)NN(CCC(N)=O)C(=O)[C@H](F)Cl)c1. The Kier molecular flexibility index (Phi) is 26.0. The van der Waals surface area contributed by atoms with E-state index in [4.69, 9.17) is 44.1 Å². The van der Waals surface area contributed by atoms with E-state index < -0.39 is 58.5 Å². The number of nitrogens with one attached hydrogen (secondary N) is 4. The van der Waals surface area contributed by atoms with Gasteiger partial charge < -0.3 is 31.6 Å². The Balaban J connectivity index is 0.000000640. The van der Waals surface area contributed by atoms with Gasteiger partial charge in [-0.3, -0.25) is 49.2 Å². The Morgan fingerprint density at radius 2 is 0.969 bits per heavy atom. The fourth-order valence-electron chi connectivity index (χ4n) is 5.84. The Morgan fingerprint density at radius 3 is 1.25 bits per heavy atom. The molecule has 18 nitrogen and oxygen atoms in total. The highest BCUT2D eigenvalue weighted by molar-refractivity contribution is 6.29. The molecule has 2 aromatic rings. The van der Waals surface area contributed by atoms with Gasteiger partial charge in [0.2, 0.25) is 23.6 Å². The minimum absolute atomic E-state index is 0.0202. The van der Waals surface area contributed by atoms with E-state index in [1.54, 1.807) is 48.5 Å². The van der Waals surface area contributed by atoms with Gasteiger partial charge in [0.1, 0.15) is 11.5 Å². The Hall–Kier alpha value is -5.76. The predicted octanol–water partition coefficient (Wildman–Crippen LogP) is 4.00. The second-order valence-electron chi connectivity index (χ2n) is 15.3. The number of hydrogen-bond donors (Lipinski definition) is 6. The van der Waals surface area contributed by atoms with Crippen molar-refractivity contribution in [1.82, 2.24) is 20.9 Å². The number of primary amides is 2. The van der Waals surface area contributed by atoms with Crippen LogP contribution < -0.4 is 42.4 Å². The molecule has 22 heteroatoms. The second-order valence-corrected chi connectivity index (χ2v) is 16.0. The molecule has 0 bridgehead atoms. The summed E-state index contributed by atoms with van der Waals surface area (Å²) in [5.41, 5.74) is 11.2. The maximum Gasteiger partial charge on any atom is 0.291 e. The molecule has 0 aliphatic rings. The molecular weight excluding hydrogens is 885 g/mol. The molecule has 0 aliphatic carbocycles. The summed E-state index contributed by atoms with van der Waals surface area (Å²) >= 11 is 10.4. The molecule has 0 unspecified atom stereocenters. The average molecular weight is 946 g/mol. The number of alkyl halides is 4. The molecule has 0 fully saturated rings. The third kappa shape index (κ3) is 23.1. The number of nitrogens with two attached hydrogens (primary N) is 2. The van der Waals surface area contributed by atoms with Crippen LogP contribution in [-0.4, -0.2) is 109 Å². The first-order chi connectivity index (χ1) is 30.1. The number of amides is 6. The van der Waals surface area contributed by atoms with Gasteiger partial charge in [0.05, 0.1) is 40.4 Å². The van der Waals surface area contributed by atoms with Crippen molar-refractivity contribution < 1.29 is 56.6 Å². The van der Waals surface area contributed by atoms with Crippen LogP contribution in [0.2, 0.25) is 0 Å². The number of anilines is 2. The van der Waals surface area contributed by atoms with Gasteiger partial charge in [-0.1, -0.05) is 63.0 Å². The third-order valence-corrected chi connectivity index (χ3v) is 9.25. The molecule has 356 valence electrons. The van der Waals surface area contributed by atoms with E-state index in [0.29, 0.717) is 45.7 Å². The molecule has 0 spiro atoms. The Labute approximate surface area is 381 Å². The zero-order valence-corrected chi connectivity index (χ0v) is 38.3. The first-order valence-corrected chi connectivity index (χ1v) is 21.1. The van der Waals surface area contributed by atoms with Crippen molar-refractivity contribution in [2.75, 3.05) is 51.0 Å². The number of ketones is 2. The van der Waals surface area contributed by atoms with Crippen LogP contribution in [0.3, 0.4) is 0 Å². The van der Waals surface area contributed by atoms with Crippen LogP contribution in [0.5, 0.6) is 11.5 Å². The molecule has 2 aromatic carbocycles. The number of methoxy groups -OCH3 is 2. The van der Waals surface area contributed by atoms with Crippen molar-refractivity contribution in [2.24, 2.45) is 35.1 Å². The van der Waals surface area contributed by atoms with E-state index in [0.717, 1.165) is 0 Å². The van der Waals surface area contributed by atoms with Crippen LogP contribution in [0, 0.1) is 23.7 Å². The summed E-state index contributed by atoms with van der Waals surface area (Å²) in [5, 5.41) is 7.20. The van der Waals surface area contributed by atoms with Gasteiger partial charge in [-0.25, -0.2) is 18.8 Å². The van der Waals surface area contributed by atoms with Crippen LogP contribution in [0.25, 0.3) is 0 Å². The van der Waals surface area contributed by atoms with E-state index in [9.17, 15) is 47.1 Å². The minimum atomic E-state index is -2.40. The van der Waals surface area contributed by atoms with Crippen molar-refractivity contribution in [3.05, 3.63) is 48.5 Å². The van der Waals surface area contributed by atoms with E-state index >= 15 is 0 Å². The lowest BCUT2D eigenvalue weighted by atomic mass is 9.91. The molecule has 6 amide bonds. The molecule has 0 saturated heterocycles. The van der Waals surface area contributed by atoms with Gasteiger partial charge in [0, 0.05) is 61.0 Å². The zero-order valence-electron chi connectivity index (χ0n) is 36.8. The molecule has 64 heavy (non-hydrogen) atoms. The Bertz CT molecular complexity index is 1740. The normalized spacial score (nSPS) is 12.6. The van der Waals surface area contributed by atoms with Gasteiger partial charge in [0.25, 0.3) is 23.1 Å². The molecule has 0 heterocycles. The summed E-state index contributed by atoms with van der Waals surface area (Å²) in [6.45, 7) is 6.80. The number of hydrogen-bond acceptors (Lipinski definition) is 12. The van der Waals surface area contributed by atoms with Crippen LogP contribution in [0.15, 0.2) is 48.5 Å². The van der Waals surface area contributed by atoms with Crippen LogP contribution >= 0.6 is 23.2 Å². The van der Waals surface area contributed by atoms with Crippen molar-refractivity contribution in [1.29, 1.82) is 0 Å². The van der Waals surface area contributed by atoms with Gasteiger partial charge in [0.15, 0.2) is 11.6 Å². The van der Waals surface area contributed by atoms with Crippen molar-refractivity contribution >= 4 is 81.6 Å². The molecule has 0 aromatic heterocycles. The maximum atomic E-state index is 13.3. The number of carbonyl (C=O) groups excluding carboxylic acids is 8. The fourth-order valence-corrected chi connectivity index (χ4v) is 6.07. The Morgan fingerprint density at radius 1 is 0.625 bits per heavy atom. The lowest BCUT2D eigenvalue weighted by molar-refractivity contribution is -0.146. The second kappa shape index (κ2) is 29.6. The number of halogens is 4. The largest absolute Gasteiger partial charge is 0.497 e. The van der Waals surface area contributed by atoms with Crippen LogP contribution in [0.4, 0.5) is 20.2 Å². The number of hydrazine groups is 2. The van der Waals surface area contributed by atoms with Crippen LogP contribution in [0.1, 0.15) is 66.2 Å². The third-order valence-electron chi connectivity index (χ3n) is 8.88. The summed E-state index contributed by atoms with van der Waals surface area (Å²) in [6.07, 6.45) is -0.0811. The maximum absolute atomic E-state index is 13.3. The molecule has 2 rings (SSSR count). The average Bonchev–Trinajstić information content (AvgIpc) is 3.23. The van der Waals surface area contributed by atoms with Gasteiger partial charge in [-0.05, 0) is 48.9 Å². The standard InChI is InChI=1S/2C21H30ClFN4O5/c2*1-13(2)9-14(10-16(28)12-25-15-5-4-6-17(11-15)32-3)20(30)26-27(8-7-18(24)29)21(31)19(22)23/h2*4-6,11,13-14,19,25H,7-10,12H2,1-3H3,(H2,24,29)(H,26,30)/t14-,19+;14-,19-/m11/s1. The number of benzene rings is 2. The highest BCUT2D eigenvalue weighted by Crippen LogP contribution is 2.21. The molecule has 0 saturated carbocycles. The van der Waals surface area contributed by atoms with E-state index in [-0.39, 0.29) is 75.3 Å². The smallest absolute Gasteiger partial charge is 0.291 e. The van der Waals surface area contributed by atoms with Gasteiger partial charge >= 0.3 is 0 Å². The number of carbonyl (C=O) groups is 8. The van der Waals surface area contributed by atoms with E-state index in [1.165, 1.54) is 14.2 Å². The highest BCUT2D eigenvalue weighted by atomic mass is 35.5. The van der Waals surface area contributed by atoms with E-state index in [2.05, 4.69) is 21.5 Å². The van der Waals surface area contributed by atoms with Gasteiger partial charge in [-0.15, -0.1) is 0 Å². The lowest BCUT2D eigenvalue weighted by Crippen LogP contribution is -2.51. The predicted molar refractivity (Wildman–Crippen MR) is 237 cm³/mol. The van der Waals surface area contributed by atoms with Crippen molar-refractivity contribution in [2.45, 2.75) is 77.5 Å². The van der Waals surface area contributed by atoms with Crippen molar-refractivity contribution in [3.8, 4) is 11.5 Å². The first-order valence-electron chi connectivity index (χ1n) is 20.2. The summed E-state index contributed by atoms with van der Waals surface area (Å²) in [6, 6.07) is 14.1. The summed E-state index contributed by atoms with van der Waals surface area (Å²) in [7, 11) is 3.07. The van der Waals surface area contributed by atoms with Gasteiger partial charge in [-0.2, -0.15) is 0 Å². The number of rotatable bonds is 26. The highest BCUT2D eigenvalue weighted by Gasteiger charge is 2.30. The molecular formula is C42H60Cl2F2N8O10. The monoisotopic (exact) mass is 944 g/mol. The molecule has 8 N–H and O–H groups in total. The summed E-state index contributed by atoms with van der Waals surface area (Å²) < 4.78 is 36.9. The van der Waals surface area contributed by atoms with Crippen molar-refractivity contribution in [3.63, 3.8) is 0 Å². The number of ether oxygens (including phenoxy) is 2. The molecule has 4 atom stereocenters. The first kappa shape index (κ1) is 56.3. The summed E-state index contributed by atoms with van der Waals surface area (Å²) in [4.78, 5) is 96.5. The van der Waals surface area contributed by atoms with E-state index in [1.807, 2.05) is 27.7 Å². The number of nitrogens with zero attached hydrogens (tertiary/aromatic N) is 2. The zero-order chi connectivity index (χ0) is 48.5. The molecule has 0 radical (unpaired) electrons. The number of Topliss-reactive ketones (excluding diaryl/α,β-unsaturated/α-hetero) is 2. The lowest BCUT2D eigenvalue weighted by Gasteiger charge is -2.26. The minimum Gasteiger partial charge on any atom is -0.497 e. The fraction of sp³-hybridized carbons (Fsp3) is 0.524. The quantitative estimate of drug-likeness (QED) is 0.0578.